The fourth-order valence-electron chi connectivity index (χ4n) is 2.85. The molecule has 0 saturated heterocycles. The summed E-state index contributed by atoms with van der Waals surface area (Å²) >= 11 is 6.33. The van der Waals surface area contributed by atoms with Gasteiger partial charge in [-0.05, 0) is 45.0 Å². The minimum absolute atomic E-state index is 0.204. The number of esters is 1. The Morgan fingerprint density at radius 1 is 1.18 bits per heavy atom. The van der Waals surface area contributed by atoms with Crippen molar-refractivity contribution in [2.24, 2.45) is 5.10 Å². The van der Waals surface area contributed by atoms with E-state index in [1.54, 1.807) is 17.7 Å². The van der Waals surface area contributed by atoms with Crippen LogP contribution in [-0.2, 0) is 4.74 Å². The molecule has 144 valence electrons. The molecule has 28 heavy (non-hydrogen) atoms. The number of carbonyl (C=O) groups is 1. The molecule has 3 rings (SSSR count). The van der Waals surface area contributed by atoms with E-state index >= 15 is 0 Å². The summed E-state index contributed by atoms with van der Waals surface area (Å²) in [6, 6.07) is 16.9. The lowest BCUT2D eigenvalue weighted by molar-refractivity contribution is 0.0518. The molecule has 0 radical (unpaired) electrons. The molecule has 1 heterocycles. The van der Waals surface area contributed by atoms with Crippen LogP contribution >= 0.6 is 11.6 Å². The summed E-state index contributed by atoms with van der Waals surface area (Å²) < 4.78 is 6.84. The highest BCUT2D eigenvalue weighted by atomic mass is 35.5. The summed E-state index contributed by atoms with van der Waals surface area (Å²) in [6.45, 7) is 5.71. The largest absolute Gasteiger partial charge is 0.461 e. The molecule has 3 aromatic rings. The molecule has 0 aliphatic rings. The van der Waals surface area contributed by atoms with E-state index in [0.717, 1.165) is 11.4 Å². The minimum Gasteiger partial charge on any atom is -0.461 e. The Kier molecular flexibility index (Phi) is 6.11. The molecule has 0 spiro atoms. The number of nitrogens with zero attached hydrogens (tertiary/aromatic N) is 3. The second-order valence-corrected chi connectivity index (χ2v) is 6.47. The Labute approximate surface area is 168 Å². The zero-order valence-electron chi connectivity index (χ0n) is 15.9. The maximum Gasteiger partial charge on any atom is 0.359 e. The fourth-order valence-corrected chi connectivity index (χ4v) is 3.07. The van der Waals surface area contributed by atoms with Crippen LogP contribution < -0.4 is 5.43 Å². The molecule has 0 unspecified atom stereocenters. The van der Waals surface area contributed by atoms with Gasteiger partial charge in [-0.3, -0.25) is 5.43 Å². The van der Waals surface area contributed by atoms with Crippen molar-refractivity contribution in [2.75, 3.05) is 12.0 Å². The molecule has 1 aromatic heterocycles. The van der Waals surface area contributed by atoms with E-state index in [1.165, 1.54) is 0 Å². The van der Waals surface area contributed by atoms with E-state index in [1.807, 2.05) is 62.4 Å². The Balaban J connectivity index is 2.07. The van der Waals surface area contributed by atoms with Gasteiger partial charge in [0, 0.05) is 0 Å². The topological polar surface area (TPSA) is 68.5 Å². The molecule has 6 nitrogen and oxygen atoms in total. The van der Waals surface area contributed by atoms with Gasteiger partial charge >= 0.3 is 5.97 Å². The van der Waals surface area contributed by atoms with Gasteiger partial charge in [-0.1, -0.05) is 41.9 Å². The standard InChI is InChI=1S/C21H21ClN4O2/c1-4-28-21(27)20-19(14(2)23-24-16-10-6-5-7-11-16)15(3)26(25-20)18-13-9-8-12-17(18)22/h5-13,24H,4H2,1-3H3. The van der Waals surface area contributed by atoms with Gasteiger partial charge in [-0.15, -0.1) is 0 Å². The summed E-state index contributed by atoms with van der Waals surface area (Å²) in [5.41, 5.74) is 6.70. The third-order valence-corrected chi connectivity index (χ3v) is 4.47. The maximum atomic E-state index is 12.5. The number of hydrogen-bond acceptors (Lipinski definition) is 5. The third kappa shape index (κ3) is 4.07. The summed E-state index contributed by atoms with van der Waals surface area (Å²) in [7, 11) is 0. The fraction of sp³-hybridized carbons (Fsp3) is 0.190. The molecule has 0 bridgehead atoms. The molecule has 0 fully saturated rings. The second-order valence-electron chi connectivity index (χ2n) is 6.07. The predicted octanol–water partition coefficient (Wildman–Crippen LogP) is 4.85. The van der Waals surface area contributed by atoms with E-state index in [9.17, 15) is 4.79 Å². The van der Waals surface area contributed by atoms with Gasteiger partial charge in [-0.2, -0.15) is 10.2 Å². The predicted molar refractivity (Wildman–Crippen MR) is 112 cm³/mol. The van der Waals surface area contributed by atoms with Crippen LogP contribution in [0.1, 0.15) is 35.6 Å². The summed E-state index contributed by atoms with van der Waals surface area (Å²) in [5.74, 6) is -0.499. The molecular weight excluding hydrogens is 376 g/mol. The van der Waals surface area contributed by atoms with E-state index < -0.39 is 5.97 Å². The highest BCUT2D eigenvalue weighted by Crippen LogP contribution is 2.25. The molecule has 0 amide bonds. The summed E-state index contributed by atoms with van der Waals surface area (Å²) in [5, 5.41) is 9.45. The van der Waals surface area contributed by atoms with Crippen LogP contribution in [-0.4, -0.2) is 28.1 Å². The number of anilines is 1. The first-order valence-corrected chi connectivity index (χ1v) is 9.28. The zero-order valence-corrected chi connectivity index (χ0v) is 16.7. The Morgan fingerprint density at radius 3 is 2.54 bits per heavy atom. The first-order chi connectivity index (χ1) is 13.5. The van der Waals surface area contributed by atoms with E-state index in [-0.39, 0.29) is 12.3 Å². The van der Waals surface area contributed by atoms with Gasteiger partial charge in [0.25, 0.3) is 0 Å². The van der Waals surface area contributed by atoms with Crippen molar-refractivity contribution >= 4 is 29.0 Å². The Bertz CT molecular complexity index is 1010. The molecule has 2 aromatic carbocycles. The number of aromatic nitrogens is 2. The van der Waals surface area contributed by atoms with Crippen LogP contribution in [0.5, 0.6) is 0 Å². The van der Waals surface area contributed by atoms with Crippen molar-refractivity contribution in [3.05, 3.63) is 76.6 Å². The molecule has 1 N–H and O–H groups in total. The molecule has 0 aliphatic heterocycles. The first kappa shape index (κ1) is 19.6. The lowest BCUT2D eigenvalue weighted by atomic mass is 10.1. The number of halogens is 1. The van der Waals surface area contributed by atoms with Crippen LogP contribution in [0.25, 0.3) is 5.69 Å². The minimum atomic E-state index is -0.499. The van der Waals surface area contributed by atoms with Crippen molar-refractivity contribution in [3.63, 3.8) is 0 Å². The van der Waals surface area contributed by atoms with Crippen molar-refractivity contribution in [1.29, 1.82) is 0 Å². The highest BCUT2D eigenvalue weighted by molar-refractivity contribution is 6.32. The smallest absolute Gasteiger partial charge is 0.359 e. The number of ether oxygens (including phenoxy) is 1. The number of carbonyl (C=O) groups excluding carboxylic acids is 1. The van der Waals surface area contributed by atoms with E-state index in [2.05, 4.69) is 15.6 Å². The van der Waals surface area contributed by atoms with Crippen molar-refractivity contribution < 1.29 is 9.53 Å². The number of hydrazone groups is 1. The third-order valence-electron chi connectivity index (χ3n) is 4.15. The van der Waals surface area contributed by atoms with Crippen molar-refractivity contribution in [3.8, 4) is 5.69 Å². The molecule has 0 atom stereocenters. The van der Waals surface area contributed by atoms with Gasteiger partial charge in [-0.25, -0.2) is 9.48 Å². The second kappa shape index (κ2) is 8.71. The van der Waals surface area contributed by atoms with Crippen LogP contribution in [0.15, 0.2) is 59.7 Å². The van der Waals surface area contributed by atoms with Crippen LogP contribution in [0, 0.1) is 6.92 Å². The van der Waals surface area contributed by atoms with Crippen LogP contribution in [0.2, 0.25) is 5.02 Å². The normalized spacial score (nSPS) is 11.4. The number of para-hydroxylation sites is 2. The summed E-state index contributed by atoms with van der Waals surface area (Å²) in [6.07, 6.45) is 0. The maximum absolute atomic E-state index is 12.5. The zero-order chi connectivity index (χ0) is 20.1. The quantitative estimate of drug-likeness (QED) is 0.367. The average Bonchev–Trinajstić information content (AvgIpc) is 3.05. The Hall–Kier alpha value is -3.12. The molecule has 0 aliphatic carbocycles. The lowest BCUT2D eigenvalue weighted by Crippen LogP contribution is -2.11. The van der Waals surface area contributed by atoms with Gasteiger partial charge in [0.15, 0.2) is 5.69 Å². The molecular formula is C21H21ClN4O2. The van der Waals surface area contributed by atoms with Gasteiger partial charge in [0.1, 0.15) is 0 Å². The van der Waals surface area contributed by atoms with Gasteiger partial charge < -0.3 is 4.74 Å². The monoisotopic (exact) mass is 396 g/mol. The van der Waals surface area contributed by atoms with Gasteiger partial charge in [0.2, 0.25) is 0 Å². The number of hydrogen-bond donors (Lipinski definition) is 1. The van der Waals surface area contributed by atoms with E-state index in [4.69, 9.17) is 16.3 Å². The highest BCUT2D eigenvalue weighted by Gasteiger charge is 2.25. The SMILES string of the molecule is CCOC(=O)c1nn(-c2ccccc2Cl)c(C)c1C(C)=NNc1ccccc1. The van der Waals surface area contributed by atoms with E-state index in [0.29, 0.717) is 22.0 Å². The molecule has 7 heteroatoms. The average molecular weight is 397 g/mol. The van der Waals surface area contributed by atoms with Crippen molar-refractivity contribution in [1.82, 2.24) is 9.78 Å². The number of rotatable bonds is 6. The van der Waals surface area contributed by atoms with Crippen molar-refractivity contribution in [2.45, 2.75) is 20.8 Å². The number of nitrogens with one attached hydrogen (secondary N) is 1. The molecule has 0 saturated carbocycles. The first-order valence-electron chi connectivity index (χ1n) is 8.90. The summed E-state index contributed by atoms with van der Waals surface area (Å²) in [4.78, 5) is 12.5. The van der Waals surface area contributed by atoms with Crippen LogP contribution in [0.4, 0.5) is 5.69 Å². The lowest BCUT2D eigenvalue weighted by Gasteiger charge is -2.07. The van der Waals surface area contributed by atoms with Gasteiger partial charge in [0.05, 0.1) is 40.0 Å². The Morgan fingerprint density at radius 2 is 1.86 bits per heavy atom. The number of benzene rings is 2. The van der Waals surface area contributed by atoms with Crippen LogP contribution in [0.3, 0.4) is 0 Å².